The Morgan fingerprint density at radius 2 is 1.97 bits per heavy atom. The molecule has 1 aromatic heterocycles. The highest BCUT2D eigenvalue weighted by atomic mass is 32.2. The molecule has 4 rings (SSSR count). The van der Waals surface area contributed by atoms with Crippen molar-refractivity contribution in [3.8, 4) is 11.1 Å². The van der Waals surface area contributed by atoms with E-state index in [9.17, 15) is 8.42 Å². The second-order valence-corrected chi connectivity index (χ2v) is 10.6. The Balaban J connectivity index is 1.71. The molecule has 1 atom stereocenters. The molecular formula is C23H33N5O4S. The summed E-state index contributed by atoms with van der Waals surface area (Å²) >= 11 is 0. The number of nitrogens with two attached hydrogens (primary N) is 1. The fourth-order valence-electron chi connectivity index (χ4n) is 4.60. The van der Waals surface area contributed by atoms with E-state index in [2.05, 4.69) is 20.2 Å². The minimum absolute atomic E-state index is 0.0684. The highest BCUT2D eigenvalue weighted by Gasteiger charge is 2.28. The van der Waals surface area contributed by atoms with Crippen molar-refractivity contribution < 1.29 is 17.7 Å². The molecule has 33 heavy (non-hydrogen) atoms. The fraction of sp³-hybridized carbons (Fsp3) is 0.565. The van der Waals surface area contributed by atoms with Crippen LogP contribution in [-0.2, 0) is 14.8 Å². The van der Waals surface area contributed by atoms with E-state index < -0.39 is 10.0 Å². The van der Waals surface area contributed by atoms with E-state index in [4.69, 9.17) is 15.0 Å². The number of nitrogens with zero attached hydrogens (tertiary/aromatic N) is 2. The van der Waals surface area contributed by atoms with Crippen LogP contribution in [0.5, 0.6) is 0 Å². The number of nitrogen functional groups attached to an aromatic ring is 1. The average molecular weight is 476 g/mol. The lowest BCUT2D eigenvalue weighted by molar-refractivity contribution is 0.118. The molecule has 4 N–H and O–H groups in total. The number of aliphatic imine (C=N–C) groups is 1. The number of benzene rings is 1. The lowest BCUT2D eigenvalue weighted by Gasteiger charge is -2.19. The number of amidine groups is 1. The third kappa shape index (κ3) is 5.39. The van der Waals surface area contributed by atoms with Crippen molar-refractivity contribution in [1.82, 2.24) is 9.88 Å². The first-order chi connectivity index (χ1) is 15.7. The van der Waals surface area contributed by atoms with E-state index in [1.54, 1.807) is 26.0 Å². The van der Waals surface area contributed by atoms with E-state index in [0.717, 1.165) is 50.7 Å². The Bertz CT molecular complexity index is 1110. The summed E-state index contributed by atoms with van der Waals surface area (Å²) in [4.78, 5) is 4.65. The van der Waals surface area contributed by atoms with Gasteiger partial charge < -0.3 is 20.3 Å². The van der Waals surface area contributed by atoms with Crippen molar-refractivity contribution in [2.75, 3.05) is 24.2 Å². The lowest BCUT2D eigenvalue weighted by atomic mass is 10.0. The second kappa shape index (κ2) is 9.82. The van der Waals surface area contributed by atoms with E-state index in [1.165, 1.54) is 0 Å². The highest BCUT2D eigenvalue weighted by molar-refractivity contribution is 7.89. The van der Waals surface area contributed by atoms with Gasteiger partial charge >= 0.3 is 0 Å². The molecule has 0 radical (unpaired) electrons. The Labute approximate surface area is 195 Å². The summed E-state index contributed by atoms with van der Waals surface area (Å²) in [5, 5.41) is 7.15. The molecule has 1 unspecified atom stereocenters. The van der Waals surface area contributed by atoms with E-state index >= 15 is 0 Å². The van der Waals surface area contributed by atoms with Gasteiger partial charge in [0.15, 0.2) is 0 Å². The quantitative estimate of drug-likeness (QED) is 0.315. The van der Waals surface area contributed by atoms with Crippen LogP contribution < -0.4 is 15.8 Å². The molecule has 2 aromatic rings. The highest BCUT2D eigenvalue weighted by Crippen LogP contribution is 2.37. The number of aryl methyl sites for hydroxylation is 2. The van der Waals surface area contributed by atoms with Gasteiger partial charge in [0, 0.05) is 18.2 Å². The van der Waals surface area contributed by atoms with Crippen LogP contribution in [0.1, 0.15) is 56.9 Å². The van der Waals surface area contributed by atoms with Crippen LogP contribution in [0.3, 0.4) is 0 Å². The van der Waals surface area contributed by atoms with E-state index in [1.807, 2.05) is 6.92 Å². The first-order valence-electron chi connectivity index (χ1n) is 11.5. The number of sulfonamides is 1. The molecule has 0 amide bonds. The van der Waals surface area contributed by atoms with Crippen LogP contribution in [0.25, 0.3) is 11.1 Å². The van der Waals surface area contributed by atoms with Gasteiger partial charge in [0.2, 0.25) is 10.0 Å². The molecule has 1 aromatic carbocycles. The van der Waals surface area contributed by atoms with Crippen LogP contribution in [-0.4, -0.2) is 44.7 Å². The molecule has 180 valence electrons. The largest absolute Gasteiger partial charge is 0.397 e. The predicted molar refractivity (Wildman–Crippen MR) is 129 cm³/mol. The van der Waals surface area contributed by atoms with Crippen LogP contribution in [0.15, 0.2) is 26.5 Å². The maximum Gasteiger partial charge on any atom is 0.242 e. The summed E-state index contributed by atoms with van der Waals surface area (Å²) < 4.78 is 40.8. The Hall–Kier alpha value is -2.43. The average Bonchev–Trinajstić information content (AvgIpc) is 3.51. The summed E-state index contributed by atoms with van der Waals surface area (Å²) in [7, 11) is -3.84. The van der Waals surface area contributed by atoms with Gasteiger partial charge in [-0.25, -0.2) is 13.1 Å². The number of anilines is 2. The lowest BCUT2D eigenvalue weighted by Crippen LogP contribution is -2.33. The van der Waals surface area contributed by atoms with Gasteiger partial charge in [0.25, 0.3) is 0 Å². The first-order valence-corrected chi connectivity index (χ1v) is 13.0. The van der Waals surface area contributed by atoms with Crippen molar-refractivity contribution in [1.29, 1.82) is 0 Å². The first kappa shape index (κ1) is 23.7. The Morgan fingerprint density at radius 3 is 2.61 bits per heavy atom. The van der Waals surface area contributed by atoms with Crippen LogP contribution in [0, 0.1) is 13.8 Å². The smallest absolute Gasteiger partial charge is 0.242 e. The molecule has 9 nitrogen and oxygen atoms in total. The van der Waals surface area contributed by atoms with Gasteiger partial charge in [0.1, 0.15) is 10.7 Å². The van der Waals surface area contributed by atoms with Crippen LogP contribution >= 0.6 is 0 Å². The van der Waals surface area contributed by atoms with Crippen molar-refractivity contribution in [3.63, 3.8) is 0 Å². The molecule has 1 saturated heterocycles. The number of ether oxygens (including phenoxy) is 1. The predicted octanol–water partition coefficient (Wildman–Crippen LogP) is 3.77. The molecule has 0 bridgehead atoms. The minimum atomic E-state index is -3.84. The number of hydrogen-bond acceptors (Lipinski definition) is 7. The van der Waals surface area contributed by atoms with Gasteiger partial charge in [0.05, 0.1) is 35.6 Å². The number of rotatable bonds is 7. The Morgan fingerprint density at radius 1 is 1.21 bits per heavy atom. The van der Waals surface area contributed by atoms with Gasteiger partial charge in [-0.15, -0.1) is 0 Å². The van der Waals surface area contributed by atoms with Crippen molar-refractivity contribution >= 4 is 27.2 Å². The van der Waals surface area contributed by atoms with Crippen LogP contribution in [0.2, 0.25) is 0 Å². The molecule has 2 aliphatic rings. The zero-order valence-electron chi connectivity index (χ0n) is 19.5. The monoisotopic (exact) mass is 475 g/mol. The number of nitrogens with one attached hydrogen (secondary N) is 2. The molecule has 1 aliphatic carbocycles. The van der Waals surface area contributed by atoms with Crippen molar-refractivity contribution in [2.24, 2.45) is 4.99 Å². The normalized spacial score (nSPS) is 20.0. The van der Waals surface area contributed by atoms with Gasteiger partial charge in [-0.2, -0.15) is 0 Å². The Kier molecular flexibility index (Phi) is 7.06. The van der Waals surface area contributed by atoms with Gasteiger partial charge in [-0.05, 0) is 64.2 Å². The second-order valence-electron chi connectivity index (χ2n) is 8.93. The fourth-order valence-corrected chi connectivity index (χ4v) is 6.12. The molecule has 0 spiro atoms. The number of hydrogen-bond donors (Lipinski definition) is 3. The summed E-state index contributed by atoms with van der Waals surface area (Å²) in [6.07, 6.45) is 5.84. The third-order valence-corrected chi connectivity index (χ3v) is 7.83. The third-order valence-electron chi connectivity index (χ3n) is 6.28. The van der Waals surface area contributed by atoms with Gasteiger partial charge in [-0.1, -0.05) is 18.0 Å². The maximum atomic E-state index is 13.5. The molecule has 1 saturated carbocycles. The zero-order chi connectivity index (χ0) is 23.6. The maximum absolute atomic E-state index is 13.5. The summed E-state index contributed by atoms with van der Waals surface area (Å²) in [5.74, 6) is 1.19. The molecule has 2 heterocycles. The van der Waals surface area contributed by atoms with Gasteiger partial charge in [-0.3, -0.25) is 4.99 Å². The van der Waals surface area contributed by atoms with E-state index in [-0.39, 0.29) is 17.0 Å². The summed E-state index contributed by atoms with van der Waals surface area (Å²) in [6.45, 7) is 6.71. The van der Waals surface area contributed by atoms with Crippen molar-refractivity contribution in [3.05, 3.63) is 23.6 Å². The number of aromatic nitrogens is 1. The summed E-state index contributed by atoms with van der Waals surface area (Å²) in [5.41, 5.74) is 9.12. The van der Waals surface area contributed by atoms with Crippen LogP contribution in [0.4, 0.5) is 11.4 Å². The zero-order valence-corrected chi connectivity index (χ0v) is 20.3. The molecule has 1 aliphatic heterocycles. The molecular weight excluding hydrogens is 442 g/mol. The SMILES string of the molecule is CC(=NCC1CCCO1)Nc1c(N)cc(-c2c(C)noc2C)cc1S(=O)(=O)NC1CCCC1. The topological polar surface area (TPSA) is 132 Å². The van der Waals surface area contributed by atoms with E-state index in [0.29, 0.717) is 40.8 Å². The minimum Gasteiger partial charge on any atom is -0.397 e. The molecule has 2 fully saturated rings. The van der Waals surface area contributed by atoms with Crippen molar-refractivity contribution in [2.45, 2.75) is 76.3 Å². The molecule has 10 heteroatoms. The standard InChI is InChI=1S/C23H33N5O4S/c1-14-22(15(2)32-27-14)17-11-20(24)23(26-16(3)25-13-19-9-6-10-31-19)21(12-17)33(29,30)28-18-7-4-5-8-18/h11-12,18-19,28H,4-10,13,24H2,1-3H3,(H,25,26). The summed E-state index contributed by atoms with van der Waals surface area (Å²) in [6, 6.07) is 3.31.